The fourth-order valence-corrected chi connectivity index (χ4v) is 3.48. The summed E-state index contributed by atoms with van der Waals surface area (Å²) in [5.41, 5.74) is -0.412. The third-order valence-corrected chi connectivity index (χ3v) is 4.95. The van der Waals surface area contributed by atoms with Gasteiger partial charge in [0.1, 0.15) is 35.0 Å². The molecule has 0 aliphatic heterocycles. The molecule has 0 spiro atoms. The summed E-state index contributed by atoms with van der Waals surface area (Å²) in [6.07, 6.45) is 2.66. The Kier molecular flexibility index (Phi) is 4.25. The standard InChI is InChI=1S/C22H12F3N3O3/c23-11-4-5-17-16(8-11)27-18(31-17)10-28-7-6-12-13(9-26-20(12)22(28)30)21(29)19-14(24)2-1-3-15(19)25/h1-9,26H,10H2. The van der Waals surface area contributed by atoms with E-state index >= 15 is 0 Å². The van der Waals surface area contributed by atoms with Gasteiger partial charge >= 0.3 is 0 Å². The SMILES string of the molecule is O=C(c1c(F)cccc1F)c1c[nH]c2c(=O)n(Cc3nc4cc(F)ccc4o3)ccc12. The molecule has 0 saturated heterocycles. The van der Waals surface area contributed by atoms with Crippen molar-refractivity contribution in [2.75, 3.05) is 0 Å². The largest absolute Gasteiger partial charge is 0.439 e. The zero-order chi connectivity index (χ0) is 21.7. The van der Waals surface area contributed by atoms with Gasteiger partial charge in [-0.1, -0.05) is 6.07 Å². The van der Waals surface area contributed by atoms with E-state index in [2.05, 4.69) is 9.97 Å². The Bertz CT molecular complexity index is 1530. The van der Waals surface area contributed by atoms with E-state index in [9.17, 15) is 22.8 Å². The van der Waals surface area contributed by atoms with Crippen molar-refractivity contribution in [2.24, 2.45) is 0 Å². The van der Waals surface area contributed by atoms with Gasteiger partial charge in [0.2, 0.25) is 11.7 Å². The van der Waals surface area contributed by atoms with Crippen LogP contribution in [0.3, 0.4) is 0 Å². The van der Waals surface area contributed by atoms with Crippen LogP contribution in [-0.2, 0) is 6.54 Å². The van der Waals surface area contributed by atoms with E-state index in [0.717, 1.165) is 18.2 Å². The normalized spacial score (nSPS) is 11.5. The van der Waals surface area contributed by atoms with Crippen LogP contribution in [0, 0.1) is 17.5 Å². The number of aromatic amines is 1. The van der Waals surface area contributed by atoms with E-state index in [1.807, 2.05) is 0 Å². The van der Waals surface area contributed by atoms with Gasteiger partial charge in [-0.3, -0.25) is 9.59 Å². The number of hydrogen-bond acceptors (Lipinski definition) is 4. The first kappa shape index (κ1) is 18.9. The molecule has 0 radical (unpaired) electrons. The second-order valence-corrected chi connectivity index (χ2v) is 6.89. The molecule has 31 heavy (non-hydrogen) atoms. The predicted molar refractivity (Wildman–Crippen MR) is 105 cm³/mol. The quantitative estimate of drug-likeness (QED) is 0.440. The number of nitrogens with zero attached hydrogens (tertiary/aromatic N) is 2. The summed E-state index contributed by atoms with van der Waals surface area (Å²) in [7, 11) is 0. The predicted octanol–water partition coefficient (Wildman–Crippen LogP) is 4.17. The van der Waals surface area contributed by atoms with Gasteiger partial charge in [0.15, 0.2) is 5.58 Å². The van der Waals surface area contributed by atoms with Crippen LogP contribution in [0.25, 0.3) is 22.0 Å². The molecule has 0 unspecified atom stereocenters. The molecule has 5 aromatic rings. The molecule has 0 aliphatic carbocycles. The van der Waals surface area contributed by atoms with Crippen molar-refractivity contribution < 1.29 is 22.4 Å². The maximum Gasteiger partial charge on any atom is 0.275 e. The first-order valence-corrected chi connectivity index (χ1v) is 9.16. The number of carbonyl (C=O) groups is 1. The molecular formula is C22H12F3N3O3. The lowest BCUT2D eigenvalue weighted by molar-refractivity contribution is 0.103. The Hall–Kier alpha value is -4.14. The summed E-state index contributed by atoms with van der Waals surface area (Å²) in [4.78, 5) is 32.4. The van der Waals surface area contributed by atoms with Crippen molar-refractivity contribution >= 4 is 27.8 Å². The monoisotopic (exact) mass is 423 g/mol. The second-order valence-electron chi connectivity index (χ2n) is 6.89. The van der Waals surface area contributed by atoms with Gasteiger partial charge in [0.25, 0.3) is 5.56 Å². The number of rotatable bonds is 4. The fourth-order valence-electron chi connectivity index (χ4n) is 3.48. The van der Waals surface area contributed by atoms with Gasteiger partial charge < -0.3 is 14.0 Å². The van der Waals surface area contributed by atoms with Gasteiger partial charge in [-0.15, -0.1) is 0 Å². The highest BCUT2D eigenvalue weighted by atomic mass is 19.1. The van der Waals surface area contributed by atoms with E-state index < -0.39 is 34.4 Å². The van der Waals surface area contributed by atoms with Crippen molar-refractivity contribution in [3.05, 3.63) is 99.7 Å². The van der Waals surface area contributed by atoms with Gasteiger partial charge in [0.05, 0.1) is 5.56 Å². The van der Waals surface area contributed by atoms with Crippen LogP contribution < -0.4 is 5.56 Å². The number of nitrogens with one attached hydrogen (secondary N) is 1. The highest BCUT2D eigenvalue weighted by molar-refractivity contribution is 6.16. The Labute approximate surface area is 171 Å². The average molecular weight is 423 g/mol. The maximum absolute atomic E-state index is 14.0. The number of H-pyrrole nitrogens is 1. The minimum Gasteiger partial charge on any atom is -0.439 e. The van der Waals surface area contributed by atoms with Crippen LogP contribution >= 0.6 is 0 Å². The number of halogens is 3. The van der Waals surface area contributed by atoms with Gasteiger partial charge in [0, 0.05) is 29.4 Å². The second kappa shape index (κ2) is 6.98. The van der Waals surface area contributed by atoms with E-state index in [0.29, 0.717) is 11.1 Å². The average Bonchev–Trinajstić information content (AvgIpc) is 3.33. The molecule has 1 N–H and O–H groups in total. The zero-order valence-electron chi connectivity index (χ0n) is 15.7. The number of ketones is 1. The number of pyridine rings is 1. The molecule has 3 heterocycles. The summed E-state index contributed by atoms with van der Waals surface area (Å²) in [5.74, 6) is -3.11. The third kappa shape index (κ3) is 3.10. The Balaban J connectivity index is 1.54. The lowest BCUT2D eigenvalue weighted by Gasteiger charge is -2.05. The molecule has 2 aromatic carbocycles. The minimum atomic E-state index is -0.986. The molecule has 0 aliphatic rings. The molecule has 0 amide bonds. The number of fused-ring (bicyclic) bond motifs is 2. The minimum absolute atomic E-state index is 0.0272. The Morgan fingerprint density at radius 1 is 1.10 bits per heavy atom. The lowest BCUT2D eigenvalue weighted by atomic mass is 10.0. The maximum atomic E-state index is 14.0. The topological polar surface area (TPSA) is 80.9 Å². The van der Waals surface area contributed by atoms with E-state index in [1.165, 1.54) is 41.2 Å². The van der Waals surface area contributed by atoms with Crippen LogP contribution in [0.15, 0.2) is 64.1 Å². The van der Waals surface area contributed by atoms with Crippen LogP contribution in [0.2, 0.25) is 0 Å². The molecule has 0 bridgehead atoms. The summed E-state index contributed by atoms with van der Waals surface area (Å²) in [6.45, 7) is -0.0324. The van der Waals surface area contributed by atoms with Gasteiger partial charge in [-0.05, 0) is 30.3 Å². The van der Waals surface area contributed by atoms with Crippen molar-refractivity contribution in [1.82, 2.24) is 14.5 Å². The molecule has 0 saturated carbocycles. The number of benzene rings is 2. The van der Waals surface area contributed by atoms with E-state index in [-0.39, 0.29) is 28.9 Å². The van der Waals surface area contributed by atoms with E-state index in [4.69, 9.17) is 4.42 Å². The smallest absolute Gasteiger partial charge is 0.275 e. The number of oxazole rings is 1. The summed E-state index contributed by atoms with van der Waals surface area (Å²) in [6, 6.07) is 8.54. The third-order valence-electron chi connectivity index (χ3n) is 4.95. The number of carbonyl (C=O) groups excluding carboxylic acids is 1. The highest BCUT2D eigenvalue weighted by Gasteiger charge is 2.22. The van der Waals surface area contributed by atoms with Crippen molar-refractivity contribution in [3.8, 4) is 0 Å². The van der Waals surface area contributed by atoms with Crippen molar-refractivity contribution in [2.45, 2.75) is 6.54 Å². The van der Waals surface area contributed by atoms with E-state index in [1.54, 1.807) is 0 Å². The molecule has 0 atom stereocenters. The molecule has 0 fully saturated rings. The van der Waals surface area contributed by atoms with Gasteiger partial charge in [-0.2, -0.15) is 0 Å². The Morgan fingerprint density at radius 3 is 2.65 bits per heavy atom. The summed E-state index contributed by atoms with van der Waals surface area (Å²) in [5, 5.41) is 0.230. The van der Waals surface area contributed by atoms with Crippen molar-refractivity contribution in [1.29, 1.82) is 0 Å². The molecule has 3 aromatic heterocycles. The lowest BCUT2D eigenvalue weighted by Crippen LogP contribution is -2.20. The van der Waals surface area contributed by atoms with Crippen LogP contribution in [0.5, 0.6) is 0 Å². The number of hydrogen-bond donors (Lipinski definition) is 1. The summed E-state index contributed by atoms with van der Waals surface area (Å²) < 4.78 is 48.2. The molecule has 6 nitrogen and oxygen atoms in total. The highest BCUT2D eigenvalue weighted by Crippen LogP contribution is 2.23. The first-order chi connectivity index (χ1) is 14.9. The first-order valence-electron chi connectivity index (χ1n) is 9.16. The fraction of sp³-hybridized carbons (Fsp3) is 0.0455. The van der Waals surface area contributed by atoms with Crippen LogP contribution in [0.1, 0.15) is 21.8 Å². The number of aromatic nitrogens is 3. The van der Waals surface area contributed by atoms with Gasteiger partial charge in [-0.25, -0.2) is 18.2 Å². The van der Waals surface area contributed by atoms with Crippen LogP contribution in [0.4, 0.5) is 13.2 Å². The Morgan fingerprint density at radius 2 is 1.87 bits per heavy atom. The summed E-state index contributed by atoms with van der Waals surface area (Å²) >= 11 is 0. The molecule has 154 valence electrons. The van der Waals surface area contributed by atoms with Crippen molar-refractivity contribution in [3.63, 3.8) is 0 Å². The molecule has 9 heteroatoms. The molecule has 5 rings (SSSR count). The molecular weight excluding hydrogens is 411 g/mol. The zero-order valence-corrected chi connectivity index (χ0v) is 15.7. The van der Waals surface area contributed by atoms with Crippen LogP contribution in [-0.4, -0.2) is 20.3 Å².